The van der Waals surface area contributed by atoms with Gasteiger partial charge in [0.25, 0.3) is 0 Å². The van der Waals surface area contributed by atoms with Crippen molar-refractivity contribution in [3.63, 3.8) is 0 Å². The molecule has 0 saturated heterocycles. The van der Waals surface area contributed by atoms with Gasteiger partial charge in [0, 0.05) is 12.3 Å². The number of imidazole rings is 1. The highest BCUT2D eigenvalue weighted by Gasteiger charge is 2.21. The number of nitrogens with one attached hydrogen (secondary N) is 1. The number of hydrogen-bond acceptors (Lipinski definition) is 3. The Bertz CT molecular complexity index is 563. The zero-order valence-electron chi connectivity index (χ0n) is 9.96. The van der Waals surface area contributed by atoms with Gasteiger partial charge in [-0.3, -0.25) is 9.59 Å². The van der Waals surface area contributed by atoms with Crippen LogP contribution in [0.1, 0.15) is 12.2 Å². The number of carbonyl (C=O) groups is 2. The average molecular weight is 282 g/mol. The lowest BCUT2D eigenvalue weighted by Crippen LogP contribution is -2.17. The van der Waals surface area contributed by atoms with E-state index < -0.39 is 17.0 Å². The Morgan fingerprint density at radius 1 is 1.37 bits per heavy atom. The number of hydrogen-bond donors (Lipinski definition) is 3. The number of aromatic amines is 1. The second-order valence-corrected chi connectivity index (χ2v) is 4.48. The third kappa shape index (κ3) is 3.80. The number of rotatable bonds is 5. The number of carbonyl (C=O) groups excluding carboxylic acids is 1. The van der Waals surface area contributed by atoms with Gasteiger partial charge in [-0.15, -0.1) is 12.6 Å². The van der Waals surface area contributed by atoms with E-state index in [-0.39, 0.29) is 18.3 Å². The lowest BCUT2D eigenvalue weighted by Gasteiger charge is -2.07. The van der Waals surface area contributed by atoms with Crippen LogP contribution in [0.15, 0.2) is 24.3 Å². The minimum absolute atomic E-state index is 0. The summed E-state index contributed by atoms with van der Waals surface area (Å²) in [6, 6.07) is 7.47. The van der Waals surface area contributed by atoms with Crippen LogP contribution in [0.2, 0.25) is 0 Å². The maximum absolute atomic E-state index is 11.3. The fraction of sp³-hybridized carbons (Fsp3) is 0.250. The topological polar surface area (TPSA) is 115 Å². The predicted molar refractivity (Wildman–Crippen MR) is 73.1 cm³/mol. The largest absolute Gasteiger partial charge is 0.481 e. The van der Waals surface area contributed by atoms with Gasteiger partial charge in [0.05, 0.1) is 17.5 Å². The van der Waals surface area contributed by atoms with Crippen LogP contribution in [-0.4, -0.2) is 31.6 Å². The number of fused-ring (bicyclic) bond motifs is 1. The summed E-state index contributed by atoms with van der Waals surface area (Å²) in [5.74, 6) is -1.07. The summed E-state index contributed by atoms with van der Waals surface area (Å²) >= 11 is 3.72. The normalized spacial score (nSPS) is 11.8. The highest BCUT2D eigenvalue weighted by molar-refractivity contribution is 7.96. The maximum Gasteiger partial charge on any atom is 0.304 e. The standard InChI is InChI=1S/C12H12N2O3S.H2O/c15-11(16)6-7(12(17)18)5-10-13-8-3-1-2-4-9(8)14-10;/h1-4,7H,5-6H2,(H,13,14)(H,15,16)(H,17,18);1H2. The Labute approximate surface area is 114 Å². The number of thiol groups is 1. The number of para-hydroxylation sites is 2. The maximum atomic E-state index is 11.3. The van der Waals surface area contributed by atoms with Gasteiger partial charge in [-0.25, -0.2) is 4.98 Å². The zero-order valence-corrected chi connectivity index (χ0v) is 10.9. The van der Waals surface area contributed by atoms with E-state index >= 15 is 0 Å². The molecule has 0 amide bonds. The third-order valence-electron chi connectivity index (χ3n) is 2.65. The fourth-order valence-corrected chi connectivity index (χ4v) is 1.98. The van der Waals surface area contributed by atoms with Crippen molar-refractivity contribution in [2.24, 2.45) is 5.92 Å². The summed E-state index contributed by atoms with van der Waals surface area (Å²) in [6.07, 6.45) is 0.0166. The van der Waals surface area contributed by atoms with Crippen molar-refractivity contribution in [1.82, 2.24) is 9.97 Å². The molecule has 0 aliphatic carbocycles. The van der Waals surface area contributed by atoms with E-state index in [0.717, 1.165) is 11.0 Å². The lowest BCUT2D eigenvalue weighted by atomic mass is 10.0. The van der Waals surface area contributed by atoms with E-state index in [2.05, 4.69) is 22.6 Å². The smallest absolute Gasteiger partial charge is 0.304 e. The monoisotopic (exact) mass is 282 g/mol. The second-order valence-electron chi connectivity index (χ2n) is 4.04. The van der Waals surface area contributed by atoms with E-state index in [1.807, 2.05) is 24.3 Å². The molecule has 0 saturated carbocycles. The van der Waals surface area contributed by atoms with Crippen LogP contribution < -0.4 is 0 Å². The Morgan fingerprint density at radius 2 is 2.05 bits per heavy atom. The van der Waals surface area contributed by atoms with Crippen molar-refractivity contribution in [1.29, 1.82) is 0 Å². The first-order chi connectivity index (χ1) is 8.56. The highest BCUT2D eigenvalue weighted by atomic mass is 32.1. The predicted octanol–water partition coefficient (Wildman–Crippen LogP) is 0.828. The summed E-state index contributed by atoms with van der Waals surface area (Å²) in [6.45, 7) is 0. The van der Waals surface area contributed by atoms with Gasteiger partial charge < -0.3 is 15.6 Å². The van der Waals surface area contributed by atoms with E-state index in [1.165, 1.54) is 0 Å². The molecule has 1 atom stereocenters. The minimum atomic E-state index is -1.02. The van der Waals surface area contributed by atoms with Gasteiger partial charge in [0.2, 0.25) is 0 Å². The number of benzene rings is 1. The van der Waals surface area contributed by atoms with Gasteiger partial charge in [-0.05, 0) is 12.1 Å². The van der Waals surface area contributed by atoms with Crippen LogP contribution in [0.25, 0.3) is 11.0 Å². The third-order valence-corrected chi connectivity index (χ3v) is 3.01. The van der Waals surface area contributed by atoms with Gasteiger partial charge in [0.15, 0.2) is 5.12 Å². The van der Waals surface area contributed by atoms with Crippen LogP contribution in [0, 0.1) is 5.92 Å². The van der Waals surface area contributed by atoms with Gasteiger partial charge in [-0.2, -0.15) is 0 Å². The first kappa shape index (κ1) is 15.2. The molecule has 1 heterocycles. The number of nitrogens with zero attached hydrogens (tertiary/aromatic N) is 1. The van der Waals surface area contributed by atoms with Crippen molar-refractivity contribution in [2.75, 3.05) is 0 Å². The van der Waals surface area contributed by atoms with Gasteiger partial charge in [-0.1, -0.05) is 12.1 Å². The molecule has 0 fully saturated rings. The fourth-order valence-electron chi connectivity index (χ4n) is 1.79. The molecule has 1 aromatic carbocycles. The van der Waals surface area contributed by atoms with Crippen LogP contribution in [0.5, 0.6) is 0 Å². The lowest BCUT2D eigenvalue weighted by molar-refractivity contribution is -0.139. The summed E-state index contributed by atoms with van der Waals surface area (Å²) in [4.78, 5) is 29.3. The molecule has 2 aromatic rings. The number of aliphatic carboxylic acids is 1. The number of carboxylic acid groups (broad SMARTS) is 1. The van der Waals surface area contributed by atoms with Crippen molar-refractivity contribution in [3.05, 3.63) is 30.1 Å². The number of aromatic nitrogens is 2. The van der Waals surface area contributed by atoms with Gasteiger partial charge >= 0.3 is 5.97 Å². The van der Waals surface area contributed by atoms with E-state index in [1.54, 1.807) is 0 Å². The van der Waals surface area contributed by atoms with Gasteiger partial charge in [0.1, 0.15) is 5.82 Å². The Kier molecular flexibility index (Phi) is 5.08. The Balaban J connectivity index is 0.00000180. The summed E-state index contributed by atoms with van der Waals surface area (Å²) < 4.78 is 0. The van der Waals surface area contributed by atoms with Crippen LogP contribution >= 0.6 is 12.6 Å². The molecule has 1 unspecified atom stereocenters. The molecule has 7 heteroatoms. The molecule has 6 nitrogen and oxygen atoms in total. The average Bonchev–Trinajstić information content (AvgIpc) is 2.69. The van der Waals surface area contributed by atoms with Crippen molar-refractivity contribution in [2.45, 2.75) is 12.8 Å². The van der Waals surface area contributed by atoms with Crippen molar-refractivity contribution >= 4 is 34.7 Å². The van der Waals surface area contributed by atoms with Crippen molar-refractivity contribution < 1.29 is 20.2 Å². The van der Waals surface area contributed by atoms with Crippen LogP contribution in [0.4, 0.5) is 0 Å². The summed E-state index contributed by atoms with van der Waals surface area (Å²) in [7, 11) is 0. The SMILES string of the molecule is O.O=C(O)CC(Cc1nc2ccccc2[nH]1)C(=O)S. The molecule has 0 aliphatic heterocycles. The number of H-pyrrole nitrogens is 1. The van der Waals surface area contributed by atoms with Crippen LogP contribution in [0.3, 0.4) is 0 Å². The van der Waals surface area contributed by atoms with E-state index in [9.17, 15) is 9.59 Å². The van der Waals surface area contributed by atoms with E-state index in [0.29, 0.717) is 5.82 Å². The van der Waals surface area contributed by atoms with Crippen molar-refractivity contribution in [3.8, 4) is 0 Å². The number of carboxylic acids is 1. The van der Waals surface area contributed by atoms with Crippen LogP contribution in [-0.2, 0) is 16.0 Å². The molecule has 0 spiro atoms. The first-order valence-electron chi connectivity index (χ1n) is 5.44. The molecule has 1 aromatic heterocycles. The minimum Gasteiger partial charge on any atom is -0.481 e. The molecule has 102 valence electrons. The summed E-state index contributed by atoms with van der Waals surface area (Å²) in [5, 5.41) is 8.30. The second kappa shape index (κ2) is 6.35. The Hall–Kier alpha value is -1.86. The molecule has 0 aliphatic rings. The molecular weight excluding hydrogens is 268 g/mol. The Morgan fingerprint density at radius 3 is 2.63 bits per heavy atom. The van der Waals surface area contributed by atoms with E-state index in [4.69, 9.17) is 5.11 Å². The molecule has 0 radical (unpaired) electrons. The quantitative estimate of drug-likeness (QED) is 0.704. The molecule has 4 N–H and O–H groups in total. The summed E-state index contributed by atoms with van der Waals surface area (Å²) in [5.41, 5.74) is 1.67. The first-order valence-corrected chi connectivity index (χ1v) is 5.89. The zero-order chi connectivity index (χ0) is 13.1. The highest BCUT2D eigenvalue weighted by Crippen LogP contribution is 2.17. The molecular formula is C12H14N2O4S. The molecule has 2 rings (SSSR count). The molecule has 19 heavy (non-hydrogen) atoms. The molecule has 0 bridgehead atoms.